The number of oxime groups is 1. The van der Waals surface area contributed by atoms with Crippen LogP contribution in [0.15, 0.2) is 71.9 Å². The van der Waals surface area contributed by atoms with Crippen molar-refractivity contribution in [1.29, 1.82) is 0 Å². The van der Waals surface area contributed by atoms with Crippen LogP contribution >= 0.6 is 0 Å². The van der Waals surface area contributed by atoms with E-state index in [0.717, 1.165) is 28.4 Å². The van der Waals surface area contributed by atoms with Crippen molar-refractivity contribution >= 4 is 39.5 Å². The normalized spacial score (nSPS) is 14.4. The number of hydrogen-bond acceptors (Lipinski definition) is 5. The van der Waals surface area contributed by atoms with E-state index < -0.39 is 11.8 Å². The van der Waals surface area contributed by atoms with E-state index in [2.05, 4.69) is 16.6 Å². The van der Waals surface area contributed by atoms with E-state index in [1.165, 1.54) is 0 Å². The second-order valence-electron chi connectivity index (χ2n) is 6.67. The minimum absolute atomic E-state index is 0.245. The molecular weight excluding hydrogens is 368 g/mol. The van der Waals surface area contributed by atoms with Crippen molar-refractivity contribution in [3.05, 3.63) is 77.9 Å². The van der Waals surface area contributed by atoms with Crippen molar-refractivity contribution in [1.82, 2.24) is 4.57 Å². The molecule has 6 heteroatoms. The van der Waals surface area contributed by atoms with Crippen molar-refractivity contribution in [3.8, 4) is 5.75 Å². The number of aryl methyl sites for hydroxylation is 1. The zero-order valence-corrected chi connectivity index (χ0v) is 15.6. The second kappa shape index (κ2) is 6.60. The Morgan fingerprint density at radius 2 is 1.76 bits per heavy atom. The molecular formula is C23H16N2O4. The number of nitrogens with zero attached hydrogens (tertiary/aromatic N) is 2. The van der Waals surface area contributed by atoms with Gasteiger partial charge in [-0.2, -0.15) is 0 Å². The SMILES string of the molecule is CCn1c2ccccc2c2c3c(ccc21)C(=O)/C(=N/OC(=O)c1ccccc1)O3. The molecule has 0 N–H and O–H groups in total. The average Bonchev–Trinajstić information content (AvgIpc) is 3.27. The van der Waals surface area contributed by atoms with Crippen LogP contribution < -0.4 is 4.74 Å². The third kappa shape index (κ3) is 2.61. The molecule has 0 aliphatic carbocycles. The van der Waals surface area contributed by atoms with E-state index in [9.17, 15) is 9.59 Å². The second-order valence-corrected chi connectivity index (χ2v) is 6.67. The van der Waals surface area contributed by atoms with Crippen LogP contribution in [0.5, 0.6) is 5.75 Å². The monoisotopic (exact) mass is 384 g/mol. The largest absolute Gasteiger partial charge is 0.432 e. The molecule has 0 fully saturated rings. The Kier molecular flexibility index (Phi) is 3.91. The summed E-state index contributed by atoms with van der Waals surface area (Å²) in [7, 11) is 0. The van der Waals surface area contributed by atoms with Gasteiger partial charge in [-0.05, 0) is 42.4 Å². The van der Waals surface area contributed by atoms with Crippen LogP contribution in [0.25, 0.3) is 21.8 Å². The van der Waals surface area contributed by atoms with Crippen LogP contribution in [-0.2, 0) is 11.4 Å². The van der Waals surface area contributed by atoms with E-state index >= 15 is 0 Å². The lowest BCUT2D eigenvalue weighted by Gasteiger charge is -2.03. The van der Waals surface area contributed by atoms with Crippen molar-refractivity contribution in [3.63, 3.8) is 0 Å². The Hall–Kier alpha value is -3.93. The molecule has 0 radical (unpaired) electrons. The van der Waals surface area contributed by atoms with Crippen LogP contribution in [0.2, 0.25) is 0 Å². The Balaban J connectivity index is 1.57. The van der Waals surface area contributed by atoms with Crippen molar-refractivity contribution in [2.24, 2.45) is 5.16 Å². The summed E-state index contributed by atoms with van der Waals surface area (Å²) < 4.78 is 7.96. The Bertz CT molecular complexity index is 1320. The van der Waals surface area contributed by atoms with E-state index in [-0.39, 0.29) is 5.90 Å². The van der Waals surface area contributed by atoms with Gasteiger partial charge in [-0.1, -0.05) is 36.4 Å². The van der Waals surface area contributed by atoms with Crippen LogP contribution in [0.3, 0.4) is 0 Å². The van der Waals surface area contributed by atoms with Crippen molar-refractivity contribution in [2.45, 2.75) is 13.5 Å². The molecule has 0 saturated carbocycles. The molecule has 142 valence electrons. The lowest BCUT2D eigenvalue weighted by molar-refractivity contribution is 0.0508. The summed E-state index contributed by atoms with van der Waals surface area (Å²) in [5.74, 6) is -0.857. The summed E-state index contributed by atoms with van der Waals surface area (Å²) in [6.07, 6.45) is 0. The smallest absolute Gasteiger partial charge is 0.365 e. The summed E-state index contributed by atoms with van der Waals surface area (Å²) in [5, 5.41) is 5.55. The van der Waals surface area contributed by atoms with E-state index in [1.807, 2.05) is 30.3 Å². The van der Waals surface area contributed by atoms with Crippen LogP contribution in [0, 0.1) is 0 Å². The molecule has 0 atom stereocenters. The third-order valence-corrected chi connectivity index (χ3v) is 5.07. The van der Waals surface area contributed by atoms with Crippen LogP contribution in [-0.4, -0.2) is 22.2 Å². The first-order valence-electron chi connectivity index (χ1n) is 9.30. The number of fused-ring (bicyclic) bond motifs is 5. The van der Waals surface area contributed by atoms with Crippen molar-refractivity contribution < 1.29 is 19.2 Å². The molecule has 1 aromatic heterocycles. The topological polar surface area (TPSA) is 69.9 Å². The summed E-state index contributed by atoms with van der Waals surface area (Å²) in [5.41, 5.74) is 2.79. The summed E-state index contributed by atoms with van der Waals surface area (Å²) in [6, 6.07) is 20.1. The minimum atomic E-state index is -0.654. The molecule has 6 nitrogen and oxygen atoms in total. The molecule has 0 unspecified atom stereocenters. The van der Waals surface area contributed by atoms with Gasteiger partial charge in [0.15, 0.2) is 5.75 Å². The van der Waals surface area contributed by atoms with E-state index in [0.29, 0.717) is 16.9 Å². The van der Waals surface area contributed by atoms with Gasteiger partial charge in [-0.15, -0.1) is 0 Å². The van der Waals surface area contributed by atoms with Crippen LogP contribution in [0.1, 0.15) is 27.6 Å². The number of benzene rings is 3. The first kappa shape index (κ1) is 17.2. The van der Waals surface area contributed by atoms with Gasteiger partial charge < -0.3 is 14.1 Å². The van der Waals surface area contributed by atoms with Gasteiger partial charge in [0, 0.05) is 17.4 Å². The van der Waals surface area contributed by atoms with E-state index in [1.54, 1.807) is 36.4 Å². The number of ether oxygens (including phenoxy) is 1. The molecule has 0 spiro atoms. The van der Waals surface area contributed by atoms with E-state index in [4.69, 9.17) is 9.57 Å². The highest BCUT2D eigenvalue weighted by Crippen LogP contribution is 2.41. The van der Waals surface area contributed by atoms with Gasteiger partial charge in [0.05, 0.1) is 22.0 Å². The predicted molar refractivity (Wildman–Crippen MR) is 109 cm³/mol. The molecule has 4 aromatic rings. The molecule has 29 heavy (non-hydrogen) atoms. The van der Waals surface area contributed by atoms with Gasteiger partial charge in [0.1, 0.15) is 0 Å². The molecule has 5 rings (SSSR count). The molecule has 0 saturated heterocycles. The molecule has 1 aliphatic rings. The average molecular weight is 384 g/mol. The molecule has 2 heterocycles. The Labute approximate surface area is 165 Å². The Morgan fingerprint density at radius 3 is 2.55 bits per heavy atom. The number of carbonyl (C=O) groups is 2. The number of aromatic nitrogens is 1. The fraction of sp³-hybridized carbons (Fsp3) is 0.0870. The highest BCUT2D eigenvalue weighted by Gasteiger charge is 2.33. The fourth-order valence-electron chi connectivity index (χ4n) is 3.76. The number of ketones is 1. The number of Topliss-reactive ketones (excluding diaryl/α,β-unsaturated/α-hetero) is 1. The molecule has 0 bridgehead atoms. The lowest BCUT2D eigenvalue weighted by atomic mass is 10.1. The Morgan fingerprint density at radius 1 is 1.00 bits per heavy atom. The maximum Gasteiger partial charge on any atom is 0.365 e. The number of para-hydroxylation sites is 1. The summed E-state index contributed by atoms with van der Waals surface area (Å²) in [6.45, 7) is 2.85. The zero-order valence-electron chi connectivity index (χ0n) is 15.6. The maximum atomic E-state index is 12.7. The van der Waals surface area contributed by atoms with Gasteiger partial charge in [0.25, 0.3) is 5.78 Å². The molecule has 0 amide bonds. The highest BCUT2D eigenvalue weighted by molar-refractivity contribution is 6.47. The minimum Gasteiger partial charge on any atom is -0.432 e. The quantitative estimate of drug-likeness (QED) is 0.384. The first-order chi connectivity index (χ1) is 14.2. The van der Waals surface area contributed by atoms with Crippen molar-refractivity contribution in [2.75, 3.05) is 0 Å². The van der Waals surface area contributed by atoms with Gasteiger partial charge in [-0.3, -0.25) is 4.79 Å². The van der Waals surface area contributed by atoms with Gasteiger partial charge >= 0.3 is 11.9 Å². The lowest BCUT2D eigenvalue weighted by Crippen LogP contribution is -2.14. The predicted octanol–water partition coefficient (Wildman–Crippen LogP) is 4.56. The third-order valence-electron chi connectivity index (χ3n) is 5.07. The number of rotatable bonds is 3. The summed E-state index contributed by atoms with van der Waals surface area (Å²) >= 11 is 0. The fourth-order valence-corrected chi connectivity index (χ4v) is 3.76. The molecule has 1 aliphatic heterocycles. The first-order valence-corrected chi connectivity index (χ1v) is 9.30. The maximum absolute atomic E-state index is 12.7. The summed E-state index contributed by atoms with van der Waals surface area (Å²) in [4.78, 5) is 29.8. The zero-order chi connectivity index (χ0) is 20.0. The number of carbonyl (C=O) groups excluding carboxylic acids is 2. The van der Waals surface area contributed by atoms with Crippen LogP contribution in [0.4, 0.5) is 0 Å². The number of hydrogen-bond donors (Lipinski definition) is 0. The standard InChI is InChI=1S/C23H16N2O4/c1-2-25-17-11-7-6-10-15(17)19-18(25)13-12-16-20(26)22(28-21(16)19)24-29-23(27)14-8-4-3-5-9-14/h3-13H,2H2,1H3/b24-22-. The van der Waals surface area contributed by atoms with Gasteiger partial charge in [-0.25, -0.2) is 4.79 Å². The highest BCUT2D eigenvalue weighted by atomic mass is 16.7. The molecule has 3 aromatic carbocycles. The van der Waals surface area contributed by atoms with Gasteiger partial charge in [0.2, 0.25) is 0 Å².